The fourth-order valence-corrected chi connectivity index (χ4v) is 3.88. The Bertz CT molecular complexity index is 550. The number of hydrogen-bond acceptors (Lipinski definition) is 5. The molecule has 0 unspecified atom stereocenters. The molecule has 7 heteroatoms. The Morgan fingerprint density at radius 2 is 2.28 bits per heavy atom. The monoisotopic (exact) mass is 288 g/mol. The number of amides is 1. The summed E-state index contributed by atoms with van der Waals surface area (Å²) < 4.78 is 22.7. The van der Waals surface area contributed by atoms with Crippen molar-refractivity contribution in [3.05, 3.63) is 16.3 Å². The zero-order valence-corrected chi connectivity index (χ0v) is 12.0. The number of sulfone groups is 1. The van der Waals surface area contributed by atoms with Crippen molar-refractivity contribution < 1.29 is 13.2 Å². The van der Waals surface area contributed by atoms with E-state index in [1.54, 1.807) is 4.90 Å². The van der Waals surface area contributed by atoms with Gasteiger partial charge in [-0.1, -0.05) is 0 Å². The number of carbonyl (C=O) groups is 1. The van der Waals surface area contributed by atoms with Gasteiger partial charge in [-0.05, 0) is 13.0 Å². The van der Waals surface area contributed by atoms with Crippen molar-refractivity contribution in [1.82, 2.24) is 10.2 Å². The minimum absolute atomic E-state index is 0.0803. The third-order valence-electron chi connectivity index (χ3n) is 2.87. The second kappa shape index (κ2) is 4.99. The number of piperazine rings is 1. The number of nitrogens with one attached hydrogen (secondary N) is 1. The van der Waals surface area contributed by atoms with Crippen LogP contribution in [0, 0.1) is 0 Å². The van der Waals surface area contributed by atoms with E-state index in [4.69, 9.17) is 0 Å². The van der Waals surface area contributed by atoms with Gasteiger partial charge in [0.2, 0.25) is 0 Å². The minimum Gasteiger partial charge on any atom is -0.335 e. The molecule has 1 aliphatic rings. The van der Waals surface area contributed by atoms with Gasteiger partial charge in [0.25, 0.3) is 5.91 Å². The number of thiophene rings is 1. The largest absolute Gasteiger partial charge is 0.335 e. The maximum Gasteiger partial charge on any atom is 0.264 e. The van der Waals surface area contributed by atoms with Crippen molar-refractivity contribution in [3.8, 4) is 0 Å². The third-order valence-corrected chi connectivity index (χ3v) is 5.03. The molecule has 1 amide bonds. The van der Waals surface area contributed by atoms with Gasteiger partial charge in [0.1, 0.15) is 0 Å². The summed E-state index contributed by atoms with van der Waals surface area (Å²) >= 11 is 1.19. The summed E-state index contributed by atoms with van der Waals surface area (Å²) in [6.07, 6.45) is 1.15. The maximum atomic E-state index is 12.2. The predicted octanol–water partition coefficient (Wildman–Crippen LogP) is 0.586. The molecule has 0 bridgehead atoms. The van der Waals surface area contributed by atoms with Gasteiger partial charge in [0.15, 0.2) is 9.84 Å². The fourth-order valence-electron chi connectivity index (χ4n) is 1.90. The lowest BCUT2D eigenvalue weighted by Crippen LogP contribution is -2.51. The average Bonchev–Trinajstić information content (AvgIpc) is 2.77. The molecule has 100 valence electrons. The summed E-state index contributed by atoms with van der Waals surface area (Å²) in [6, 6.07) is 1.74. The molecule has 1 atom stereocenters. The molecule has 0 aromatic carbocycles. The van der Waals surface area contributed by atoms with Crippen LogP contribution in [0.5, 0.6) is 0 Å². The highest BCUT2D eigenvalue weighted by Crippen LogP contribution is 2.21. The summed E-state index contributed by atoms with van der Waals surface area (Å²) in [6.45, 7) is 4.12. The first-order valence-electron chi connectivity index (χ1n) is 5.69. The Morgan fingerprint density at radius 1 is 1.56 bits per heavy atom. The highest BCUT2D eigenvalue weighted by molar-refractivity contribution is 7.90. The highest BCUT2D eigenvalue weighted by atomic mass is 32.2. The molecule has 1 aliphatic heterocycles. The first kappa shape index (κ1) is 13.5. The van der Waals surface area contributed by atoms with E-state index in [9.17, 15) is 13.2 Å². The van der Waals surface area contributed by atoms with Gasteiger partial charge in [-0.15, -0.1) is 11.3 Å². The van der Waals surface area contributed by atoms with Crippen molar-refractivity contribution in [2.75, 3.05) is 25.9 Å². The minimum atomic E-state index is -3.23. The van der Waals surface area contributed by atoms with E-state index in [1.165, 1.54) is 22.8 Å². The fraction of sp³-hybridized carbons (Fsp3) is 0.545. The highest BCUT2D eigenvalue weighted by Gasteiger charge is 2.23. The lowest BCUT2D eigenvalue weighted by atomic mass is 10.2. The summed E-state index contributed by atoms with van der Waals surface area (Å²) in [5.74, 6) is -0.0803. The zero-order valence-electron chi connectivity index (χ0n) is 10.3. The number of hydrogen-bond donors (Lipinski definition) is 1. The van der Waals surface area contributed by atoms with E-state index in [1.807, 2.05) is 6.92 Å². The average molecular weight is 288 g/mol. The van der Waals surface area contributed by atoms with Crippen molar-refractivity contribution in [3.63, 3.8) is 0 Å². The molecule has 1 N–H and O–H groups in total. The molecule has 18 heavy (non-hydrogen) atoms. The summed E-state index contributed by atoms with van der Waals surface area (Å²) in [4.78, 5) is 14.7. The SMILES string of the molecule is C[C@@H]1CN(C(=O)c2cc(S(C)(=O)=O)cs2)CCN1. The summed E-state index contributed by atoms with van der Waals surface area (Å²) in [7, 11) is -3.23. The Balaban J connectivity index is 2.16. The van der Waals surface area contributed by atoms with Gasteiger partial charge >= 0.3 is 0 Å². The molecule has 1 fully saturated rings. The number of nitrogens with zero attached hydrogens (tertiary/aromatic N) is 1. The molecule has 0 saturated carbocycles. The number of rotatable bonds is 2. The molecule has 0 spiro atoms. The predicted molar refractivity (Wildman–Crippen MR) is 70.8 cm³/mol. The van der Waals surface area contributed by atoms with Crippen LogP contribution in [0.3, 0.4) is 0 Å². The smallest absolute Gasteiger partial charge is 0.264 e. The maximum absolute atomic E-state index is 12.2. The van der Waals surface area contributed by atoms with E-state index in [0.29, 0.717) is 18.0 Å². The van der Waals surface area contributed by atoms with Crippen LogP contribution in [-0.4, -0.2) is 51.2 Å². The van der Waals surface area contributed by atoms with Crippen LogP contribution in [0.15, 0.2) is 16.3 Å². The molecule has 1 aromatic rings. The molecule has 1 saturated heterocycles. The van der Waals surface area contributed by atoms with Crippen LogP contribution >= 0.6 is 11.3 Å². The van der Waals surface area contributed by atoms with Gasteiger partial charge in [-0.25, -0.2) is 8.42 Å². The van der Waals surface area contributed by atoms with Gasteiger partial charge in [-0.2, -0.15) is 0 Å². The quantitative estimate of drug-likeness (QED) is 0.865. The van der Waals surface area contributed by atoms with Crippen LogP contribution in [0.1, 0.15) is 16.6 Å². The first-order chi connectivity index (χ1) is 8.38. The molecule has 0 aliphatic carbocycles. The molecule has 1 aromatic heterocycles. The molecule has 0 radical (unpaired) electrons. The van der Waals surface area contributed by atoms with Gasteiger partial charge in [-0.3, -0.25) is 4.79 Å². The Morgan fingerprint density at radius 3 is 2.83 bits per heavy atom. The Labute approximate surface area is 111 Å². The Hall–Kier alpha value is -0.920. The molecular weight excluding hydrogens is 272 g/mol. The van der Waals surface area contributed by atoms with E-state index in [2.05, 4.69) is 5.32 Å². The van der Waals surface area contributed by atoms with Crippen molar-refractivity contribution in [1.29, 1.82) is 0 Å². The molecule has 2 rings (SSSR count). The van der Waals surface area contributed by atoms with Crippen LogP contribution in [-0.2, 0) is 9.84 Å². The van der Waals surface area contributed by atoms with Crippen molar-refractivity contribution >= 4 is 27.1 Å². The first-order valence-corrected chi connectivity index (χ1v) is 8.46. The lowest BCUT2D eigenvalue weighted by Gasteiger charge is -2.31. The van der Waals surface area contributed by atoms with E-state index in [-0.39, 0.29) is 16.8 Å². The second-order valence-corrected chi connectivity index (χ2v) is 7.45. The zero-order chi connectivity index (χ0) is 13.3. The summed E-state index contributed by atoms with van der Waals surface area (Å²) in [5, 5.41) is 4.78. The van der Waals surface area contributed by atoms with E-state index < -0.39 is 9.84 Å². The summed E-state index contributed by atoms with van der Waals surface area (Å²) in [5.41, 5.74) is 0. The van der Waals surface area contributed by atoms with Gasteiger partial charge in [0, 0.05) is 37.3 Å². The van der Waals surface area contributed by atoms with Crippen LogP contribution in [0.4, 0.5) is 0 Å². The van der Waals surface area contributed by atoms with Crippen molar-refractivity contribution in [2.24, 2.45) is 0 Å². The Kier molecular flexibility index (Phi) is 3.74. The van der Waals surface area contributed by atoms with Crippen LogP contribution < -0.4 is 5.32 Å². The topological polar surface area (TPSA) is 66.5 Å². The van der Waals surface area contributed by atoms with Gasteiger partial charge < -0.3 is 10.2 Å². The molecular formula is C11H16N2O3S2. The van der Waals surface area contributed by atoms with Crippen molar-refractivity contribution in [2.45, 2.75) is 17.9 Å². The van der Waals surface area contributed by atoms with Gasteiger partial charge in [0.05, 0.1) is 9.77 Å². The standard InChI is InChI=1S/C11H16N2O3S2/c1-8-6-13(4-3-12-8)11(14)10-5-9(7-17-10)18(2,15)16/h5,7-8,12H,3-4,6H2,1-2H3/t8-/m1/s1. The third kappa shape index (κ3) is 2.90. The van der Waals surface area contributed by atoms with E-state index in [0.717, 1.165) is 12.8 Å². The normalized spacial score (nSPS) is 21.0. The van der Waals surface area contributed by atoms with E-state index >= 15 is 0 Å². The second-order valence-electron chi connectivity index (χ2n) is 4.53. The number of carbonyl (C=O) groups excluding carboxylic acids is 1. The molecule has 5 nitrogen and oxygen atoms in total. The van der Waals surface area contributed by atoms with Crippen LogP contribution in [0.2, 0.25) is 0 Å². The van der Waals surface area contributed by atoms with Crippen LogP contribution in [0.25, 0.3) is 0 Å². The lowest BCUT2D eigenvalue weighted by molar-refractivity contribution is 0.0714. The molecule has 2 heterocycles.